The van der Waals surface area contributed by atoms with Gasteiger partial charge >= 0.3 is 0 Å². The van der Waals surface area contributed by atoms with Crippen molar-refractivity contribution in [2.45, 2.75) is 0 Å². The van der Waals surface area contributed by atoms with Crippen LogP contribution in [0.5, 0.6) is 0 Å². The Hall–Kier alpha value is -2.21. The zero-order valence-corrected chi connectivity index (χ0v) is 9.99. The molecule has 1 aliphatic rings. The predicted molar refractivity (Wildman–Crippen MR) is 71.0 cm³/mol. The lowest BCUT2D eigenvalue weighted by Crippen LogP contribution is -2.18. The molecule has 1 aliphatic heterocycles. The van der Waals surface area contributed by atoms with E-state index in [1.54, 1.807) is 18.3 Å². The van der Waals surface area contributed by atoms with Gasteiger partial charge in [0.1, 0.15) is 0 Å². The summed E-state index contributed by atoms with van der Waals surface area (Å²) in [4.78, 5) is 20.5. The van der Waals surface area contributed by atoms with Gasteiger partial charge in [-0.2, -0.15) is 0 Å². The highest BCUT2D eigenvalue weighted by Gasteiger charge is 2.22. The van der Waals surface area contributed by atoms with Crippen molar-refractivity contribution in [1.82, 2.24) is 15.3 Å². The number of pyridine rings is 2. The second-order valence-electron chi connectivity index (χ2n) is 3.67. The van der Waals surface area contributed by atoms with Gasteiger partial charge in [0, 0.05) is 6.20 Å². The summed E-state index contributed by atoms with van der Waals surface area (Å²) in [6, 6.07) is 7.35. The van der Waals surface area contributed by atoms with Gasteiger partial charge in [0.15, 0.2) is 5.17 Å². The maximum absolute atomic E-state index is 11.5. The lowest BCUT2D eigenvalue weighted by Gasteiger charge is -1.98. The Balaban J connectivity index is 2.02. The van der Waals surface area contributed by atoms with Crippen LogP contribution in [-0.4, -0.2) is 21.0 Å². The van der Waals surface area contributed by atoms with E-state index in [2.05, 4.69) is 15.3 Å². The number of hydrogen-bond acceptors (Lipinski definition) is 5. The largest absolute Gasteiger partial charge is 0.301 e. The molecule has 2 aromatic heterocycles. The lowest BCUT2D eigenvalue weighted by atomic mass is 10.2. The van der Waals surface area contributed by atoms with Crippen LogP contribution in [0.15, 0.2) is 35.4 Å². The van der Waals surface area contributed by atoms with Gasteiger partial charge in [0.05, 0.1) is 21.6 Å². The molecule has 1 amide bonds. The molecule has 6 heteroatoms. The van der Waals surface area contributed by atoms with Crippen LogP contribution in [0, 0.1) is 5.41 Å². The number of rotatable bonds is 1. The number of hydrogen-bond donors (Lipinski definition) is 2. The van der Waals surface area contributed by atoms with Crippen LogP contribution >= 0.6 is 11.8 Å². The van der Waals surface area contributed by atoms with Crippen LogP contribution < -0.4 is 5.32 Å². The number of nitrogens with zero attached hydrogens (tertiary/aromatic N) is 2. The van der Waals surface area contributed by atoms with Crippen molar-refractivity contribution in [3.05, 3.63) is 41.1 Å². The number of carbonyl (C=O) groups excluding carboxylic acids is 1. The fourth-order valence-corrected chi connectivity index (χ4v) is 2.32. The fraction of sp³-hybridized carbons (Fsp3) is 0. The van der Waals surface area contributed by atoms with Gasteiger partial charge < -0.3 is 5.32 Å². The summed E-state index contributed by atoms with van der Waals surface area (Å²) in [6.07, 6.45) is 3.39. The molecule has 2 N–H and O–H groups in total. The van der Waals surface area contributed by atoms with Crippen molar-refractivity contribution in [3.8, 4) is 0 Å². The van der Waals surface area contributed by atoms with E-state index in [9.17, 15) is 4.79 Å². The molecule has 0 aromatic carbocycles. The van der Waals surface area contributed by atoms with Crippen LogP contribution in [0.25, 0.3) is 17.1 Å². The van der Waals surface area contributed by atoms with Crippen LogP contribution in [0.3, 0.4) is 0 Å². The molecule has 0 unspecified atom stereocenters. The van der Waals surface area contributed by atoms with Crippen molar-refractivity contribution in [2.24, 2.45) is 0 Å². The molecule has 0 spiro atoms. The van der Waals surface area contributed by atoms with E-state index in [1.165, 1.54) is 0 Å². The highest BCUT2D eigenvalue weighted by molar-refractivity contribution is 8.18. The van der Waals surface area contributed by atoms with E-state index in [-0.39, 0.29) is 11.1 Å². The smallest absolute Gasteiger partial charge is 0.264 e. The molecule has 3 heterocycles. The van der Waals surface area contributed by atoms with E-state index in [1.807, 2.05) is 18.2 Å². The first-order valence-electron chi connectivity index (χ1n) is 5.23. The van der Waals surface area contributed by atoms with Crippen LogP contribution in [0.2, 0.25) is 0 Å². The van der Waals surface area contributed by atoms with E-state index in [4.69, 9.17) is 5.41 Å². The minimum Gasteiger partial charge on any atom is -0.301 e. The molecule has 0 saturated carbocycles. The highest BCUT2D eigenvalue weighted by Crippen LogP contribution is 2.24. The molecule has 0 aliphatic carbocycles. The second kappa shape index (κ2) is 4.23. The Morgan fingerprint density at radius 1 is 1.28 bits per heavy atom. The summed E-state index contributed by atoms with van der Waals surface area (Å²) >= 11 is 1.10. The molecule has 18 heavy (non-hydrogen) atoms. The lowest BCUT2D eigenvalue weighted by molar-refractivity contribution is -0.115. The Morgan fingerprint density at radius 2 is 2.17 bits per heavy atom. The quantitative estimate of drug-likeness (QED) is 0.762. The summed E-state index contributed by atoms with van der Waals surface area (Å²) in [5.41, 5.74) is 2.28. The third-order valence-corrected chi connectivity index (χ3v) is 3.25. The maximum atomic E-state index is 11.5. The molecule has 5 nitrogen and oxygen atoms in total. The molecule has 0 bridgehead atoms. The number of amidine groups is 1. The zero-order valence-electron chi connectivity index (χ0n) is 9.18. The molecule has 2 aromatic rings. The molecule has 1 saturated heterocycles. The summed E-state index contributed by atoms with van der Waals surface area (Å²) in [6.45, 7) is 0. The average Bonchev–Trinajstić information content (AvgIpc) is 2.68. The second-order valence-corrected chi connectivity index (χ2v) is 4.72. The van der Waals surface area contributed by atoms with Crippen molar-refractivity contribution in [1.29, 1.82) is 5.41 Å². The molecular formula is C12H8N4OS. The first-order valence-corrected chi connectivity index (χ1v) is 6.05. The summed E-state index contributed by atoms with van der Waals surface area (Å²) in [5, 5.41) is 9.94. The molecule has 88 valence electrons. The van der Waals surface area contributed by atoms with Crippen molar-refractivity contribution in [3.63, 3.8) is 0 Å². The summed E-state index contributed by atoms with van der Waals surface area (Å²) in [5.74, 6) is -0.252. The minimum atomic E-state index is -0.252. The number of aromatic nitrogens is 2. The van der Waals surface area contributed by atoms with E-state index >= 15 is 0 Å². The molecule has 1 fully saturated rings. The Kier molecular flexibility index (Phi) is 2.56. The Morgan fingerprint density at radius 3 is 2.94 bits per heavy atom. The third-order valence-electron chi connectivity index (χ3n) is 2.42. The van der Waals surface area contributed by atoms with Gasteiger partial charge in [0.25, 0.3) is 5.91 Å². The van der Waals surface area contributed by atoms with Gasteiger partial charge in [0.2, 0.25) is 0 Å². The van der Waals surface area contributed by atoms with E-state index < -0.39 is 0 Å². The SMILES string of the molecule is N=C1NC(=O)/C(=C/c2ccc3ncccc3n2)S1. The minimum absolute atomic E-state index is 0.147. The van der Waals surface area contributed by atoms with Crippen molar-refractivity contribution >= 4 is 39.9 Å². The topological polar surface area (TPSA) is 78.7 Å². The zero-order chi connectivity index (χ0) is 12.5. The number of thioether (sulfide) groups is 1. The van der Waals surface area contributed by atoms with Crippen LogP contribution in [0.1, 0.15) is 5.69 Å². The monoisotopic (exact) mass is 256 g/mol. The first-order chi connectivity index (χ1) is 8.72. The number of fused-ring (bicyclic) bond motifs is 1. The summed E-state index contributed by atoms with van der Waals surface area (Å²) in [7, 11) is 0. The van der Waals surface area contributed by atoms with Gasteiger partial charge in [-0.15, -0.1) is 0 Å². The number of amides is 1. The maximum Gasteiger partial charge on any atom is 0.264 e. The third kappa shape index (κ3) is 1.98. The molecule has 3 rings (SSSR count). The highest BCUT2D eigenvalue weighted by atomic mass is 32.2. The Labute approximate surface area is 107 Å². The van der Waals surface area contributed by atoms with Gasteiger partial charge in [-0.3, -0.25) is 15.2 Å². The average molecular weight is 256 g/mol. The Bertz CT molecular complexity index is 695. The summed E-state index contributed by atoms with van der Waals surface area (Å²) < 4.78 is 0. The number of carbonyl (C=O) groups is 1. The predicted octanol–water partition coefficient (Wildman–Crippen LogP) is 1.77. The number of nitrogens with one attached hydrogen (secondary N) is 2. The first kappa shape index (κ1) is 10.9. The van der Waals surface area contributed by atoms with Crippen molar-refractivity contribution < 1.29 is 4.79 Å². The van der Waals surface area contributed by atoms with Crippen LogP contribution in [0.4, 0.5) is 0 Å². The van der Waals surface area contributed by atoms with E-state index in [0.717, 1.165) is 22.8 Å². The van der Waals surface area contributed by atoms with Gasteiger partial charge in [-0.05, 0) is 42.1 Å². The molecular weight excluding hydrogens is 248 g/mol. The normalized spacial score (nSPS) is 17.4. The fourth-order valence-electron chi connectivity index (χ4n) is 1.63. The standard InChI is InChI=1S/C12H8N4OS/c13-12-16-11(17)10(18-12)6-7-3-4-8-9(15-7)2-1-5-14-8/h1-6H,(H2,13,16,17)/b10-6-. The van der Waals surface area contributed by atoms with Gasteiger partial charge in [-0.25, -0.2) is 4.98 Å². The van der Waals surface area contributed by atoms with Crippen molar-refractivity contribution in [2.75, 3.05) is 0 Å². The van der Waals surface area contributed by atoms with Crippen LogP contribution in [-0.2, 0) is 4.79 Å². The molecule has 0 atom stereocenters. The van der Waals surface area contributed by atoms with E-state index in [0.29, 0.717) is 10.6 Å². The molecule has 0 radical (unpaired) electrons. The van der Waals surface area contributed by atoms with Gasteiger partial charge in [-0.1, -0.05) is 0 Å².